The maximum atomic E-state index is 12.2. The van der Waals surface area contributed by atoms with Crippen LogP contribution in [-0.2, 0) is 6.42 Å². The minimum Gasteiger partial charge on any atom is -0.468 e. The summed E-state index contributed by atoms with van der Waals surface area (Å²) in [5.41, 5.74) is 3.10. The largest absolute Gasteiger partial charge is 0.468 e. The van der Waals surface area contributed by atoms with Crippen molar-refractivity contribution in [2.24, 2.45) is 5.92 Å². The van der Waals surface area contributed by atoms with Crippen LogP contribution in [0.15, 0.2) is 22.3 Å². The smallest absolute Gasteiger partial charge is 0.166 e. The fourth-order valence-corrected chi connectivity index (χ4v) is 2.46. The standard InChI is InChI=1S/C15H20O2/c1-10-5-4-6-11(2)8-14-15(13(16)7-10)12(3)9-17-14/h6,9-10H,4-5,7-8H2,1-3H3/t10-/m0/s1. The summed E-state index contributed by atoms with van der Waals surface area (Å²) in [5.74, 6) is 1.54. The molecule has 0 amide bonds. The van der Waals surface area contributed by atoms with Gasteiger partial charge in [-0.3, -0.25) is 4.79 Å². The van der Waals surface area contributed by atoms with Gasteiger partial charge in [-0.2, -0.15) is 0 Å². The zero-order valence-electron chi connectivity index (χ0n) is 10.9. The van der Waals surface area contributed by atoms with Crippen molar-refractivity contribution in [1.29, 1.82) is 0 Å². The predicted molar refractivity (Wildman–Crippen MR) is 68.3 cm³/mol. The predicted octanol–water partition coefficient (Wildman–Crippen LogP) is 4.08. The molecule has 0 bridgehead atoms. The number of carbonyl (C=O) groups is 1. The Morgan fingerprint density at radius 3 is 2.88 bits per heavy atom. The molecule has 17 heavy (non-hydrogen) atoms. The van der Waals surface area contributed by atoms with Crippen molar-refractivity contribution in [2.45, 2.75) is 46.5 Å². The van der Waals surface area contributed by atoms with Gasteiger partial charge in [-0.15, -0.1) is 0 Å². The number of rotatable bonds is 0. The number of hydrogen-bond acceptors (Lipinski definition) is 2. The summed E-state index contributed by atoms with van der Waals surface area (Å²) in [6.07, 6.45) is 7.54. The lowest BCUT2D eigenvalue weighted by Crippen LogP contribution is -2.10. The minimum absolute atomic E-state index is 0.244. The van der Waals surface area contributed by atoms with Crippen LogP contribution < -0.4 is 0 Å². The molecular weight excluding hydrogens is 212 g/mol. The van der Waals surface area contributed by atoms with Gasteiger partial charge in [0.25, 0.3) is 0 Å². The molecule has 2 heteroatoms. The molecule has 1 atom stereocenters. The Morgan fingerprint density at radius 1 is 1.35 bits per heavy atom. The summed E-state index contributed by atoms with van der Waals surface area (Å²) in [4.78, 5) is 12.2. The molecule has 2 nitrogen and oxygen atoms in total. The Kier molecular flexibility index (Phi) is 3.51. The molecule has 0 spiro atoms. The summed E-state index contributed by atoms with van der Waals surface area (Å²) in [6, 6.07) is 0. The van der Waals surface area contributed by atoms with Gasteiger partial charge in [0.05, 0.1) is 11.8 Å². The van der Waals surface area contributed by atoms with Gasteiger partial charge in [-0.05, 0) is 38.2 Å². The van der Waals surface area contributed by atoms with E-state index in [1.165, 1.54) is 5.57 Å². The van der Waals surface area contributed by atoms with Crippen molar-refractivity contribution in [1.82, 2.24) is 0 Å². The Balaban J connectivity index is 2.39. The summed E-state index contributed by atoms with van der Waals surface area (Å²) in [6.45, 7) is 6.21. The number of hydrogen-bond donors (Lipinski definition) is 0. The van der Waals surface area contributed by atoms with Crippen LogP contribution in [0.4, 0.5) is 0 Å². The van der Waals surface area contributed by atoms with Gasteiger partial charge in [-0.1, -0.05) is 18.6 Å². The van der Waals surface area contributed by atoms with Crippen molar-refractivity contribution in [3.8, 4) is 0 Å². The van der Waals surface area contributed by atoms with E-state index in [4.69, 9.17) is 4.42 Å². The zero-order valence-corrected chi connectivity index (χ0v) is 10.9. The Morgan fingerprint density at radius 2 is 2.12 bits per heavy atom. The van der Waals surface area contributed by atoms with Crippen LogP contribution in [0.1, 0.15) is 54.8 Å². The highest BCUT2D eigenvalue weighted by molar-refractivity contribution is 5.98. The number of Topliss-reactive ketones (excluding diaryl/α,β-unsaturated/α-hetero) is 1. The van der Waals surface area contributed by atoms with Crippen molar-refractivity contribution < 1.29 is 9.21 Å². The van der Waals surface area contributed by atoms with E-state index in [1.54, 1.807) is 6.26 Å². The zero-order chi connectivity index (χ0) is 12.4. The van der Waals surface area contributed by atoms with Crippen molar-refractivity contribution in [3.63, 3.8) is 0 Å². The highest BCUT2D eigenvalue weighted by Gasteiger charge is 2.21. The average molecular weight is 232 g/mol. The van der Waals surface area contributed by atoms with E-state index in [0.29, 0.717) is 12.3 Å². The lowest BCUT2D eigenvalue weighted by atomic mass is 9.91. The fourth-order valence-electron chi connectivity index (χ4n) is 2.46. The van der Waals surface area contributed by atoms with Crippen LogP contribution >= 0.6 is 0 Å². The molecule has 0 aliphatic heterocycles. The number of allylic oxidation sites excluding steroid dienone is 2. The topological polar surface area (TPSA) is 30.2 Å². The molecule has 1 aliphatic rings. The van der Waals surface area contributed by atoms with E-state index in [-0.39, 0.29) is 5.78 Å². The molecule has 0 saturated carbocycles. The molecule has 1 aromatic heterocycles. The maximum absolute atomic E-state index is 12.2. The highest BCUT2D eigenvalue weighted by Crippen LogP contribution is 2.25. The molecule has 0 fully saturated rings. The van der Waals surface area contributed by atoms with Gasteiger partial charge >= 0.3 is 0 Å². The molecule has 1 aliphatic carbocycles. The van der Waals surface area contributed by atoms with Crippen molar-refractivity contribution in [2.75, 3.05) is 0 Å². The molecule has 0 aromatic carbocycles. The number of carbonyl (C=O) groups excluding carboxylic acids is 1. The second kappa shape index (κ2) is 4.91. The van der Waals surface area contributed by atoms with E-state index in [9.17, 15) is 4.79 Å². The van der Waals surface area contributed by atoms with E-state index in [2.05, 4.69) is 19.9 Å². The van der Waals surface area contributed by atoms with Crippen molar-refractivity contribution in [3.05, 3.63) is 34.8 Å². The van der Waals surface area contributed by atoms with E-state index in [1.807, 2.05) is 6.92 Å². The summed E-state index contributed by atoms with van der Waals surface area (Å²) in [5, 5.41) is 0. The molecular formula is C15H20O2. The second-order valence-electron chi connectivity index (χ2n) is 5.25. The molecule has 1 heterocycles. The fraction of sp³-hybridized carbons (Fsp3) is 0.533. The van der Waals surface area contributed by atoms with Gasteiger partial charge in [0.1, 0.15) is 5.76 Å². The summed E-state index contributed by atoms with van der Waals surface area (Å²) in [7, 11) is 0. The normalized spacial score (nSPS) is 21.9. The first-order chi connectivity index (χ1) is 8.08. The van der Waals surface area contributed by atoms with Crippen LogP contribution in [0.3, 0.4) is 0 Å². The molecule has 0 radical (unpaired) electrons. The second-order valence-corrected chi connectivity index (χ2v) is 5.25. The van der Waals surface area contributed by atoms with Crippen LogP contribution in [-0.4, -0.2) is 5.78 Å². The van der Waals surface area contributed by atoms with Crippen LogP contribution in [0.25, 0.3) is 0 Å². The van der Waals surface area contributed by atoms with Gasteiger partial charge in [0.15, 0.2) is 5.78 Å². The summed E-state index contributed by atoms with van der Waals surface area (Å²) >= 11 is 0. The Bertz CT molecular complexity index is 451. The van der Waals surface area contributed by atoms with E-state index < -0.39 is 0 Å². The van der Waals surface area contributed by atoms with Gasteiger partial charge in [0, 0.05) is 12.8 Å². The Hall–Kier alpha value is -1.31. The molecule has 0 N–H and O–H groups in total. The monoisotopic (exact) mass is 232 g/mol. The van der Waals surface area contributed by atoms with Crippen LogP contribution in [0, 0.1) is 12.8 Å². The van der Waals surface area contributed by atoms with Gasteiger partial charge in [0.2, 0.25) is 0 Å². The summed E-state index contributed by atoms with van der Waals surface area (Å²) < 4.78 is 5.53. The minimum atomic E-state index is 0.244. The maximum Gasteiger partial charge on any atom is 0.166 e. The number of aryl methyl sites for hydroxylation is 1. The Labute approximate surface area is 103 Å². The first kappa shape index (κ1) is 12.2. The molecule has 1 aromatic rings. The first-order valence-corrected chi connectivity index (χ1v) is 6.33. The van der Waals surface area contributed by atoms with Crippen molar-refractivity contribution >= 4 is 5.78 Å². The van der Waals surface area contributed by atoms with Crippen LogP contribution in [0.2, 0.25) is 0 Å². The number of fused-ring (bicyclic) bond motifs is 1. The number of furan rings is 1. The van der Waals surface area contributed by atoms with E-state index >= 15 is 0 Å². The lowest BCUT2D eigenvalue weighted by Gasteiger charge is -2.12. The highest BCUT2D eigenvalue weighted by atomic mass is 16.3. The SMILES string of the molecule is CC1=CCC[C@H](C)CC(=O)c2c(C)coc2C1. The van der Waals surface area contributed by atoms with Gasteiger partial charge in [-0.25, -0.2) is 0 Å². The molecule has 0 saturated heterocycles. The third-order valence-electron chi connectivity index (χ3n) is 3.46. The van der Waals surface area contributed by atoms with Crippen LogP contribution in [0.5, 0.6) is 0 Å². The van der Waals surface area contributed by atoms with E-state index in [0.717, 1.165) is 36.1 Å². The molecule has 2 rings (SSSR count). The average Bonchev–Trinajstić information content (AvgIpc) is 2.58. The third-order valence-corrected chi connectivity index (χ3v) is 3.46. The first-order valence-electron chi connectivity index (χ1n) is 6.33. The lowest BCUT2D eigenvalue weighted by molar-refractivity contribution is 0.0960. The molecule has 92 valence electrons. The quantitative estimate of drug-likeness (QED) is 0.631. The molecule has 0 unspecified atom stereocenters. The van der Waals surface area contributed by atoms with Gasteiger partial charge < -0.3 is 4.42 Å². The number of ketones is 1. The third kappa shape index (κ3) is 2.68.